The molecule has 0 aliphatic carbocycles. The number of ether oxygens (including phenoxy) is 2. The fourth-order valence-corrected chi connectivity index (χ4v) is 2.02. The number of carbonyl (C=O) groups is 1. The molecule has 0 saturated carbocycles. The van der Waals surface area contributed by atoms with Gasteiger partial charge in [0.1, 0.15) is 11.5 Å². The SMILES string of the molecule is CCOc1ccc(OC(=O)N2CCC(N)CC2)cc1. The fraction of sp³-hybridized carbons (Fsp3) is 0.500. The molecule has 1 aromatic carbocycles. The number of carbonyl (C=O) groups excluding carboxylic acids is 1. The highest BCUT2D eigenvalue weighted by molar-refractivity contribution is 5.70. The van der Waals surface area contributed by atoms with Crippen LogP contribution < -0.4 is 15.2 Å². The van der Waals surface area contributed by atoms with Gasteiger partial charge in [-0.3, -0.25) is 0 Å². The van der Waals surface area contributed by atoms with Crippen molar-refractivity contribution in [1.29, 1.82) is 0 Å². The first kappa shape index (κ1) is 13.7. The van der Waals surface area contributed by atoms with Crippen molar-refractivity contribution >= 4 is 6.09 Å². The molecule has 0 atom stereocenters. The van der Waals surface area contributed by atoms with Crippen molar-refractivity contribution in [2.75, 3.05) is 19.7 Å². The zero-order valence-corrected chi connectivity index (χ0v) is 11.2. The Bertz CT molecular complexity index is 411. The van der Waals surface area contributed by atoms with E-state index in [1.807, 2.05) is 6.92 Å². The maximum atomic E-state index is 11.9. The Hall–Kier alpha value is -1.75. The van der Waals surface area contributed by atoms with E-state index >= 15 is 0 Å². The lowest BCUT2D eigenvalue weighted by Gasteiger charge is -2.29. The van der Waals surface area contributed by atoms with Crippen LogP contribution >= 0.6 is 0 Å². The number of amides is 1. The number of rotatable bonds is 3. The lowest BCUT2D eigenvalue weighted by atomic mass is 10.1. The van der Waals surface area contributed by atoms with Gasteiger partial charge in [0.25, 0.3) is 0 Å². The molecular formula is C14H20N2O3. The maximum absolute atomic E-state index is 11.9. The first-order valence-electron chi connectivity index (χ1n) is 6.64. The monoisotopic (exact) mass is 264 g/mol. The second-order valence-corrected chi connectivity index (χ2v) is 4.60. The molecule has 1 aliphatic heterocycles. The Morgan fingerprint density at radius 1 is 1.26 bits per heavy atom. The quantitative estimate of drug-likeness (QED) is 0.907. The standard InChI is InChI=1S/C14H20N2O3/c1-2-18-12-3-5-13(6-4-12)19-14(17)16-9-7-11(15)8-10-16/h3-6,11H,2,7-10,15H2,1H3. The van der Waals surface area contributed by atoms with E-state index in [4.69, 9.17) is 15.2 Å². The number of likely N-dealkylation sites (tertiary alicyclic amines) is 1. The summed E-state index contributed by atoms with van der Waals surface area (Å²) in [5.74, 6) is 1.30. The molecule has 104 valence electrons. The molecule has 0 radical (unpaired) electrons. The third kappa shape index (κ3) is 3.86. The molecule has 2 rings (SSSR count). The van der Waals surface area contributed by atoms with E-state index in [1.165, 1.54) is 0 Å². The molecule has 1 amide bonds. The molecule has 2 N–H and O–H groups in total. The van der Waals surface area contributed by atoms with Gasteiger partial charge < -0.3 is 20.1 Å². The van der Waals surface area contributed by atoms with E-state index in [-0.39, 0.29) is 12.1 Å². The van der Waals surface area contributed by atoms with Crippen LogP contribution in [0.15, 0.2) is 24.3 Å². The van der Waals surface area contributed by atoms with Gasteiger partial charge in [0.2, 0.25) is 0 Å². The van der Waals surface area contributed by atoms with Gasteiger partial charge in [-0.15, -0.1) is 0 Å². The van der Waals surface area contributed by atoms with Gasteiger partial charge in [-0.2, -0.15) is 0 Å². The first-order valence-corrected chi connectivity index (χ1v) is 6.64. The average molecular weight is 264 g/mol. The molecular weight excluding hydrogens is 244 g/mol. The topological polar surface area (TPSA) is 64.8 Å². The number of piperidine rings is 1. The van der Waals surface area contributed by atoms with Crippen molar-refractivity contribution in [1.82, 2.24) is 4.90 Å². The van der Waals surface area contributed by atoms with Gasteiger partial charge in [-0.25, -0.2) is 4.79 Å². The van der Waals surface area contributed by atoms with Crippen molar-refractivity contribution in [3.05, 3.63) is 24.3 Å². The molecule has 0 spiro atoms. The van der Waals surface area contributed by atoms with Crippen molar-refractivity contribution in [3.8, 4) is 11.5 Å². The van der Waals surface area contributed by atoms with Crippen LogP contribution in [0.3, 0.4) is 0 Å². The largest absolute Gasteiger partial charge is 0.494 e. The summed E-state index contributed by atoms with van der Waals surface area (Å²) in [5, 5.41) is 0. The Kier molecular flexibility index (Phi) is 4.63. The highest BCUT2D eigenvalue weighted by Gasteiger charge is 2.21. The molecule has 1 fully saturated rings. The van der Waals surface area contributed by atoms with E-state index in [2.05, 4.69) is 0 Å². The number of nitrogens with zero attached hydrogens (tertiary/aromatic N) is 1. The second kappa shape index (κ2) is 6.43. The Morgan fingerprint density at radius 3 is 2.42 bits per heavy atom. The molecule has 0 aromatic heterocycles. The summed E-state index contributed by atoms with van der Waals surface area (Å²) in [6.45, 7) is 3.87. The molecule has 0 bridgehead atoms. The lowest BCUT2D eigenvalue weighted by molar-refractivity contribution is 0.139. The fourth-order valence-electron chi connectivity index (χ4n) is 2.02. The van der Waals surface area contributed by atoms with E-state index in [0.29, 0.717) is 25.4 Å². The van der Waals surface area contributed by atoms with Crippen LogP contribution in [0.1, 0.15) is 19.8 Å². The molecule has 1 aliphatic rings. The summed E-state index contributed by atoms with van der Waals surface area (Å²) in [6, 6.07) is 7.25. The molecule has 1 aromatic rings. The van der Waals surface area contributed by atoms with Crippen molar-refractivity contribution < 1.29 is 14.3 Å². The van der Waals surface area contributed by atoms with Crippen molar-refractivity contribution in [2.24, 2.45) is 5.73 Å². The number of benzene rings is 1. The average Bonchev–Trinajstić information content (AvgIpc) is 2.42. The van der Waals surface area contributed by atoms with E-state index in [1.54, 1.807) is 29.2 Å². The maximum Gasteiger partial charge on any atom is 0.415 e. The molecule has 19 heavy (non-hydrogen) atoms. The van der Waals surface area contributed by atoms with Gasteiger partial charge >= 0.3 is 6.09 Å². The Balaban J connectivity index is 1.88. The van der Waals surface area contributed by atoms with Crippen LogP contribution in [0.4, 0.5) is 4.79 Å². The van der Waals surface area contributed by atoms with Gasteiger partial charge in [-0.05, 0) is 44.0 Å². The summed E-state index contributed by atoms with van der Waals surface area (Å²) < 4.78 is 10.6. The smallest absolute Gasteiger partial charge is 0.415 e. The third-order valence-corrected chi connectivity index (χ3v) is 3.14. The van der Waals surface area contributed by atoms with Gasteiger partial charge in [0.15, 0.2) is 0 Å². The summed E-state index contributed by atoms with van der Waals surface area (Å²) in [4.78, 5) is 13.6. The Morgan fingerprint density at radius 2 is 1.84 bits per heavy atom. The molecule has 1 heterocycles. The summed E-state index contributed by atoms with van der Waals surface area (Å²) in [6.07, 6.45) is 1.35. The first-order chi connectivity index (χ1) is 9.19. The number of hydrogen-bond donors (Lipinski definition) is 1. The predicted molar refractivity (Wildman–Crippen MR) is 72.4 cm³/mol. The molecule has 1 saturated heterocycles. The van der Waals surface area contributed by atoms with E-state index < -0.39 is 0 Å². The minimum atomic E-state index is -0.309. The zero-order chi connectivity index (χ0) is 13.7. The van der Waals surface area contributed by atoms with Gasteiger partial charge in [0.05, 0.1) is 6.61 Å². The normalized spacial score (nSPS) is 16.2. The van der Waals surface area contributed by atoms with E-state index in [0.717, 1.165) is 18.6 Å². The highest BCUT2D eigenvalue weighted by Crippen LogP contribution is 2.19. The van der Waals surface area contributed by atoms with E-state index in [9.17, 15) is 4.79 Å². The van der Waals surface area contributed by atoms with Crippen LogP contribution in [0.25, 0.3) is 0 Å². The molecule has 5 nitrogen and oxygen atoms in total. The molecule has 5 heteroatoms. The summed E-state index contributed by atoms with van der Waals surface area (Å²) in [7, 11) is 0. The van der Waals surface area contributed by atoms with Crippen LogP contribution in [0.5, 0.6) is 11.5 Å². The van der Waals surface area contributed by atoms with Crippen molar-refractivity contribution in [2.45, 2.75) is 25.8 Å². The Labute approximate surface area is 113 Å². The minimum Gasteiger partial charge on any atom is -0.494 e. The van der Waals surface area contributed by atoms with Crippen molar-refractivity contribution in [3.63, 3.8) is 0 Å². The van der Waals surface area contributed by atoms with Crippen LogP contribution in [-0.2, 0) is 0 Å². The highest BCUT2D eigenvalue weighted by atomic mass is 16.6. The van der Waals surface area contributed by atoms with Crippen LogP contribution in [0.2, 0.25) is 0 Å². The third-order valence-electron chi connectivity index (χ3n) is 3.14. The second-order valence-electron chi connectivity index (χ2n) is 4.60. The summed E-state index contributed by atoms with van der Waals surface area (Å²) >= 11 is 0. The molecule has 0 unspecified atom stereocenters. The van der Waals surface area contributed by atoms with Crippen LogP contribution in [-0.4, -0.2) is 36.7 Å². The van der Waals surface area contributed by atoms with Gasteiger partial charge in [-0.1, -0.05) is 0 Å². The lowest BCUT2D eigenvalue weighted by Crippen LogP contribution is -2.44. The number of hydrogen-bond acceptors (Lipinski definition) is 4. The zero-order valence-electron chi connectivity index (χ0n) is 11.2. The van der Waals surface area contributed by atoms with Gasteiger partial charge in [0, 0.05) is 19.1 Å². The predicted octanol–water partition coefficient (Wildman–Crippen LogP) is 2.01. The van der Waals surface area contributed by atoms with Crippen LogP contribution in [0, 0.1) is 0 Å². The number of nitrogens with two attached hydrogens (primary N) is 1. The summed E-state index contributed by atoms with van der Waals surface area (Å²) in [5.41, 5.74) is 5.80. The minimum absolute atomic E-state index is 0.203.